The number of allylic oxidation sites excluding steroid dienone is 4. The number of fused-ring (bicyclic) bond motifs is 5. The van der Waals surface area contributed by atoms with Gasteiger partial charge in [-0.3, -0.25) is 0 Å². The molecule has 2 heterocycles. The van der Waals surface area contributed by atoms with Crippen LogP contribution < -0.4 is 14.2 Å². The van der Waals surface area contributed by atoms with E-state index in [1.165, 1.54) is 5.57 Å². The maximum atomic E-state index is 10.6. The van der Waals surface area contributed by atoms with Gasteiger partial charge in [-0.1, -0.05) is 29.4 Å². The first-order valence-corrected chi connectivity index (χ1v) is 10.7. The maximum absolute atomic E-state index is 10.6. The molecule has 0 spiro atoms. The molecular formula is C26H30O5. The van der Waals surface area contributed by atoms with Crippen molar-refractivity contribution in [3.05, 3.63) is 63.8 Å². The van der Waals surface area contributed by atoms with Crippen LogP contribution >= 0.6 is 0 Å². The van der Waals surface area contributed by atoms with E-state index in [-0.39, 0.29) is 23.5 Å². The van der Waals surface area contributed by atoms with Gasteiger partial charge >= 0.3 is 0 Å². The molecule has 2 unspecified atom stereocenters. The van der Waals surface area contributed by atoms with E-state index in [1.807, 2.05) is 33.8 Å². The molecule has 0 amide bonds. The first kappa shape index (κ1) is 21.2. The lowest BCUT2D eigenvalue weighted by molar-refractivity contribution is 0.134. The van der Waals surface area contributed by atoms with Crippen LogP contribution in [0.5, 0.6) is 28.7 Å². The number of hydrogen-bond acceptors (Lipinski definition) is 5. The van der Waals surface area contributed by atoms with Crippen LogP contribution in [0, 0.1) is 0 Å². The highest BCUT2D eigenvalue weighted by molar-refractivity contribution is 5.63. The number of hydrogen-bond donors (Lipinski definition) is 2. The molecular weight excluding hydrogens is 392 g/mol. The molecule has 0 bridgehead atoms. The van der Waals surface area contributed by atoms with Gasteiger partial charge in [0.1, 0.15) is 34.9 Å². The van der Waals surface area contributed by atoms with Gasteiger partial charge in [0, 0.05) is 22.8 Å². The van der Waals surface area contributed by atoms with E-state index in [4.69, 9.17) is 14.2 Å². The molecule has 2 aromatic rings. The fourth-order valence-electron chi connectivity index (χ4n) is 4.36. The molecule has 164 valence electrons. The summed E-state index contributed by atoms with van der Waals surface area (Å²) < 4.78 is 18.3. The third kappa shape index (κ3) is 3.73. The summed E-state index contributed by atoms with van der Waals surface area (Å²) in [5.41, 5.74) is 5.71. The quantitative estimate of drug-likeness (QED) is 0.602. The second-order valence-corrected chi connectivity index (χ2v) is 8.73. The Morgan fingerprint density at radius 1 is 1.03 bits per heavy atom. The van der Waals surface area contributed by atoms with Gasteiger partial charge in [-0.05, 0) is 46.6 Å². The van der Waals surface area contributed by atoms with Gasteiger partial charge in [0.2, 0.25) is 0 Å². The molecule has 0 saturated heterocycles. The lowest BCUT2D eigenvalue weighted by Gasteiger charge is -2.30. The van der Waals surface area contributed by atoms with Crippen molar-refractivity contribution in [3.8, 4) is 28.7 Å². The largest absolute Gasteiger partial charge is 0.508 e. The smallest absolute Gasteiger partial charge is 0.141 e. The highest BCUT2D eigenvalue weighted by Gasteiger charge is 2.44. The Morgan fingerprint density at radius 3 is 2.35 bits per heavy atom. The third-order valence-electron chi connectivity index (χ3n) is 5.97. The molecule has 2 aliphatic rings. The zero-order valence-electron chi connectivity index (χ0n) is 18.8. The lowest BCUT2D eigenvalue weighted by Crippen LogP contribution is -2.24. The van der Waals surface area contributed by atoms with Gasteiger partial charge in [-0.15, -0.1) is 0 Å². The van der Waals surface area contributed by atoms with Gasteiger partial charge in [-0.25, -0.2) is 0 Å². The van der Waals surface area contributed by atoms with Gasteiger partial charge < -0.3 is 24.4 Å². The minimum Gasteiger partial charge on any atom is -0.508 e. The van der Waals surface area contributed by atoms with Crippen molar-refractivity contribution in [1.29, 1.82) is 0 Å². The van der Waals surface area contributed by atoms with E-state index in [1.54, 1.807) is 19.2 Å². The number of phenols is 2. The monoisotopic (exact) mass is 422 g/mol. The lowest BCUT2D eigenvalue weighted by atomic mass is 9.86. The fraction of sp³-hybridized carbons (Fsp3) is 0.385. The molecule has 0 radical (unpaired) electrons. The van der Waals surface area contributed by atoms with Crippen molar-refractivity contribution in [2.24, 2.45) is 0 Å². The van der Waals surface area contributed by atoms with Crippen LogP contribution in [0.15, 0.2) is 41.5 Å². The zero-order chi connectivity index (χ0) is 22.3. The van der Waals surface area contributed by atoms with Gasteiger partial charge in [-0.2, -0.15) is 0 Å². The standard InChI is InChI=1S/C26H30O5/c1-14(2)6-8-17-20(27)11-10-16-19-13-30-22-12-21(28)18(9-7-15(3)4)25(29-5)23(22)26(19)31-24(16)17/h6-7,10-12,19,26-28H,8-9,13H2,1-5H3. The molecule has 5 nitrogen and oxygen atoms in total. The minimum atomic E-state index is -0.299. The second-order valence-electron chi connectivity index (χ2n) is 8.73. The molecule has 0 fully saturated rings. The second kappa shape index (κ2) is 8.22. The zero-order valence-corrected chi connectivity index (χ0v) is 18.8. The summed E-state index contributed by atoms with van der Waals surface area (Å²) in [4.78, 5) is 0. The molecule has 2 atom stereocenters. The highest BCUT2D eigenvalue weighted by atomic mass is 16.5. The Balaban J connectivity index is 1.82. The Bertz CT molecular complexity index is 1070. The van der Waals surface area contributed by atoms with Gasteiger partial charge in [0.05, 0.1) is 25.2 Å². The first-order valence-electron chi connectivity index (χ1n) is 10.7. The predicted octanol–water partition coefficient (Wildman–Crippen LogP) is 5.73. The third-order valence-corrected chi connectivity index (χ3v) is 5.97. The van der Waals surface area contributed by atoms with Crippen LogP contribution in [0.1, 0.15) is 62.0 Å². The molecule has 2 aliphatic heterocycles. The van der Waals surface area contributed by atoms with Crippen molar-refractivity contribution in [3.63, 3.8) is 0 Å². The summed E-state index contributed by atoms with van der Waals surface area (Å²) in [5.74, 6) is 2.29. The molecule has 31 heavy (non-hydrogen) atoms. The summed E-state index contributed by atoms with van der Waals surface area (Å²) in [5, 5.41) is 21.2. The molecule has 2 aromatic carbocycles. The summed E-state index contributed by atoms with van der Waals surface area (Å²) in [6, 6.07) is 5.32. The van der Waals surface area contributed by atoms with Crippen molar-refractivity contribution >= 4 is 0 Å². The molecule has 0 aliphatic carbocycles. The summed E-state index contributed by atoms with van der Waals surface area (Å²) in [6.45, 7) is 8.57. The summed E-state index contributed by atoms with van der Waals surface area (Å²) in [7, 11) is 1.61. The van der Waals surface area contributed by atoms with Crippen LogP contribution in [0.4, 0.5) is 0 Å². The Morgan fingerprint density at radius 2 is 1.71 bits per heavy atom. The van der Waals surface area contributed by atoms with Crippen molar-refractivity contribution in [2.75, 3.05) is 13.7 Å². The van der Waals surface area contributed by atoms with Crippen LogP contribution in [0.2, 0.25) is 0 Å². The average molecular weight is 423 g/mol. The molecule has 5 heteroatoms. The van der Waals surface area contributed by atoms with E-state index < -0.39 is 0 Å². The first-order chi connectivity index (χ1) is 14.8. The molecule has 2 N–H and O–H groups in total. The highest BCUT2D eigenvalue weighted by Crippen LogP contribution is 2.57. The van der Waals surface area contributed by atoms with Gasteiger partial charge in [0.15, 0.2) is 0 Å². The molecule has 4 rings (SSSR count). The normalized spacial score (nSPS) is 18.1. The molecule has 0 saturated carbocycles. The van der Waals surface area contributed by atoms with Crippen molar-refractivity contribution in [1.82, 2.24) is 0 Å². The van der Waals surface area contributed by atoms with E-state index in [9.17, 15) is 10.2 Å². The number of aromatic hydroxyl groups is 2. The Hall–Kier alpha value is -3.08. The van der Waals surface area contributed by atoms with Gasteiger partial charge in [0.25, 0.3) is 0 Å². The van der Waals surface area contributed by atoms with E-state index in [0.717, 1.165) is 33.6 Å². The number of benzene rings is 2. The van der Waals surface area contributed by atoms with Crippen LogP contribution in [0.25, 0.3) is 0 Å². The summed E-state index contributed by atoms with van der Waals surface area (Å²) >= 11 is 0. The van der Waals surface area contributed by atoms with Crippen LogP contribution in [0.3, 0.4) is 0 Å². The minimum absolute atomic E-state index is 0.0108. The average Bonchev–Trinajstić information content (AvgIpc) is 3.09. The molecule has 0 aromatic heterocycles. The Labute approximate surface area is 183 Å². The van der Waals surface area contributed by atoms with E-state index in [2.05, 4.69) is 12.2 Å². The van der Waals surface area contributed by atoms with Crippen molar-refractivity contribution in [2.45, 2.75) is 52.6 Å². The SMILES string of the molecule is COc1c(CC=C(C)C)c(O)cc2c1C1Oc3c(ccc(O)c3CC=C(C)C)C1CO2. The van der Waals surface area contributed by atoms with E-state index >= 15 is 0 Å². The number of methoxy groups -OCH3 is 1. The fourth-order valence-corrected chi connectivity index (χ4v) is 4.36. The van der Waals surface area contributed by atoms with Crippen LogP contribution in [-0.2, 0) is 12.8 Å². The summed E-state index contributed by atoms with van der Waals surface area (Å²) in [6.07, 6.45) is 5.00. The predicted molar refractivity (Wildman–Crippen MR) is 121 cm³/mol. The van der Waals surface area contributed by atoms with Crippen LogP contribution in [-0.4, -0.2) is 23.9 Å². The number of phenolic OH excluding ortho intramolecular Hbond substituents is 2. The number of rotatable bonds is 5. The van der Waals surface area contributed by atoms with Crippen molar-refractivity contribution < 1.29 is 24.4 Å². The topological polar surface area (TPSA) is 68.2 Å². The number of ether oxygens (including phenoxy) is 3. The maximum Gasteiger partial charge on any atom is 0.141 e. The Kier molecular flexibility index (Phi) is 5.61. The van der Waals surface area contributed by atoms with E-state index in [0.29, 0.717) is 30.9 Å².